The second-order valence-corrected chi connectivity index (χ2v) is 28.8. The van der Waals surface area contributed by atoms with E-state index in [-0.39, 0.29) is 43.9 Å². The lowest BCUT2D eigenvalue weighted by Gasteiger charge is -2.43. The number of ether oxygens (including phenoxy) is 3. The van der Waals surface area contributed by atoms with Gasteiger partial charge in [-0.15, -0.1) is 11.3 Å². The second-order valence-electron chi connectivity index (χ2n) is 17.0. The first-order chi connectivity index (χ1) is 31.0. The van der Waals surface area contributed by atoms with Crippen molar-refractivity contribution in [2.24, 2.45) is 5.14 Å². The van der Waals surface area contributed by atoms with Crippen molar-refractivity contribution < 1.29 is 49.1 Å². The van der Waals surface area contributed by atoms with E-state index in [1.165, 1.54) is 30.9 Å². The Morgan fingerprint density at radius 2 is 1.47 bits per heavy atom. The first-order valence-corrected chi connectivity index (χ1v) is 28.8. The second kappa shape index (κ2) is 20.0. The zero-order valence-electron chi connectivity index (χ0n) is 37.8. The van der Waals surface area contributed by atoms with Gasteiger partial charge in [-0.1, -0.05) is 113 Å². The molecule has 6 rings (SSSR count). The third-order valence-electron chi connectivity index (χ3n) is 11.4. The number of amides is 1. The molecule has 3 atom stereocenters. The molecule has 2 heterocycles. The fourth-order valence-corrected chi connectivity index (χ4v) is 21.1. The van der Waals surface area contributed by atoms with Crippen LogP contribution < -0.4 is 30.0 Å². The number of benzene rings is 4. The number of nitrogens with zero attached hydrogens (tertiary/aromatic N) is 1. The van der Waals surface area contributed by atoms with Crippen LogP contribution in [-0.4, -0.2) is 75.1 Å². The molecule has 1 aliphatic heterocycles. The first-order valence-electron chi connectivity index (χ1n) is 21.4. The Morgan fingerprint density at radius 3 is 2.00 bits per heavy atom. The topological polar surface area (TPSA) is 218 Å². The Morgan fingerprint density at radius 1 is 0.894 bits per heavy atom. The number of esters is 1. The van der Waals surface area contributed by atoms with Crippen LogP contribution >= 0.6 is 11.3 Å². The van der Waals surface area contributed by atoms with Gasteiger partial charge in [-0.3, -0.25) is 0 Å². The number of anilines is 1. The molecule has 0 radical (unpaired) electrons. The highest BCUT2D eigenvalue weighted by Gasteiger charge is 2.52. The number of nitrogens with two attached hydrogens (primary N) is 1. The van der Waals surface area contributed by atoms with Gasteiger partial charge in [-0.25, -0.2) is 44.4 Å². The van der Waals surface area contributed by atoms with Crippen molar-refractivity contribution in [2.45, 2.75) is 104 Å². The van der Waals surface area contributed by atoms with Gasteiger partial charge < -0.3 is 24.4 Å². The number of fused-ring (bicyclic) bond motifs is 1. The molecule has 15 nitrogen and oxygen atoms in total. The summed E-state index contributed by atoms with van der Waals surface area (Å²) in [4.78, 5) is 28.5. The van der Waals surface area contributed by atoms with E-state index in [2.05, 4.69) is 9.70 Å². The van der Waals surface area contributed by atoms with E-state index in [1.807, 2.05) is 88.4 Å². The quantitative estimate of drug-likeness (QED) is 0.0357. The highest BCUT2D eigenvalue weighted by molar-refractivity contribution is 7.96. The van der Waals surface area contributed by atoms with Gasteiger partial charge in [0.1, 0.15) is 19.1 Å². The monoisotopic (exact) mass is 996 g/mol. The van der Waals surface area contributed by atoms with Crippen molar-refractivity contribution in [2.75, 3.05) is 18.4 Å². The molecule has 1 aromatic heterocycles. The number of para-hydroxylation sites is 1. The fourth-order valence-electron chi connectivity index (χ4n) is 8.03. The van der Waals surface area contributed by atoms with Crippen LogP contribution in [0.3, 0.4) is 0 Å². The molecule has 0 bridgehead atoms. The van der Waals surface area contributed by atoms with Gasteiger partial charge in [0.25, 0.3) is 0 Å². The van der Waals surface area contributed by atoms with Crippen LogP contribution in [0.4, 0.5) is 10.5 Å². The minimum Gasteiger partial charge on any atom is -0.454 e. The van der Waals surface area contributed by atoms with Gasteiger partial charge >= 0.3 is 12.1 Å². The first kappa shape index (κ1) is 50.3. The van der Waals surface area contributed by atoms with E-state index in [0.717, 1.165) is 22.9 Å². The number of thiophene rings is 1. The van der Waals surface area contributed by atoms with Crippen LogP contribution in [0.5, 0.6) is 11.5 Å². The molecule has 5 aromatic rings. The fraction of sp³-hybridized carbons (Fsp3) is 0.348. The molecule has 0 saturated carbocycles. The van der Waals surface area contributed by atoms with Gasteiger partial charge in [0.2, 0.25) is 34.6 Å². The summed E-state index contributed by atoms with van der Waals surface area (Å²) in [6.07, 6.45) is -1.06. The molecule has 0 saturated heterocycles. The van der Waals surface area contributed by atoms with Crippen molar-refractivity contribution in [3.05, 3.63) is 120 Å². The summed E-state index contributed by atoms with van der Waals surface area (Å²) >= 11 is 0.639. The molecule has 66 heavy (non-hydrogen) atoms. The largest absolute Gasteiger partial charge is 0.454 e. The number of hydrogen-bond donors (Lipinski definition) is 3. The van der Waals surface area contributed by atoms with Crippen molar-refractivity contribution in [1.82, 2.24) is 9.29 Å². The van der Waals surface area contributed by atoms with E-state index in [0.29, 0.717) is 30.1 Å². The number of sulfone groups is 1. The van der Waals surface area contributed by atoms with Gasteiger partial charge in [-0.2, -0.15) is 0 Å². The van der Waals surface area contributed by atoms with Gasteiger partial charge in [0.05, 0.1) is 22.5 Å². The Bertz CT molecular complexity index is 2840. The SMILES string of the molecule is CCCCNc1cc(C(=O)OC(C)OC(=O)N(CC)[C@H]2C[C@H](C)S(=O)(=O)c3sc(S(=O)(=O)N[Si](c4ccccc4)(c4ccccc4)C(C)(C)C)cc32)cc(S(N)(=O)=O)c1Oc1ccccc1. The smallest absolute Gasteiger partial charge is 0.413 e. The Kier molecular flexibility index (Phi) is 15.3. The summed E-state index contributed by atoms with van der Waals surface area (Å²) in [7, 11) is -16.4. The molecule has 1 amide bonds. The van der Waals surface area contributed by atoms with Crippen molar-refractivity contribution >= 4 is 77.6 Å². The lowest BCUT2D eigenvalue weighted by molar-refractivity contribution is -0.0720. The van der Waals surface area contributed by atoms with Crippen LogP contribution in [0.1, 0.15) is 89.7 Å². The summed E-state index contributed by atoms with van der Waals surface area (Å²) in [6, 6.07) is 29.9. The summed E-state index contributed by atoms with van der Waals surface area (Å²) < 4.78 is 103. The van der Waals surface area contributed by atoms with Crippen molar-refractivity contribution in [3.63, 3.8) is 0 Å². The molecular weight excluding hydrogens is 941 g/mol. The average Bonchev–Trinajstić information content (AvgIpc) is 3.74. The number of primary sulfonamides is 1. The normalized spacial score (nSPS) is 16.7. The van der Waals surface area contributed by atoms with Crippen molar-refractivity contribution in [3.8, 4) is 11.5 Å². The number of nitrogens with one attached hydrogen (secondary N) is 2. The average molecular weight is 997 g/mol. The standard InChI is InChI=1S/C46H56N4O11S4Si/c1-8-10-26-48-38-28-33(29-40(64(47,55)56)42(38)61-34-20-14-11-15-21-34)43(51)59-32(4)60-45(52)50(9-2)39-27-31(3)63(53,54)44-37(39)30-41(62-44)65(57,58)49-66(46(5,6)7,35-22-16-12-17-23-35)36-24-18-13-19-25-36/h11-25,28-32,39,48-49H,8-10,26-27H2,1-7H3,(H2,47,55,56)/t31-,32?,39-/m0/s1. The van der Waals surface area contributed by atoms with Crippen LogP contribution in [0.15, 0.2) is 123 Å². The summed E-state index contributed by atoms with van der Waals surface area (Å²) in [5.41, 5.74) is 0.0489. The van der Waals surface area contributed by atoms with Crippen molar-refractivity contribution in [1.29, 1.82) is 0 Å². The van der Waals surface area contributed by atoms with Crippen LogP contribution in [0.2, 0.25) is 5.04 Å². The van der Waals surface area contributed by atoms with E-state index >= 15 is 0 Å². The summed E-state index contributed by atoms with van der Waals surface area (Å²) in [5.74, 6) is -0.851. The highest BCUT2D eigenvalue weighted by Crippen LogP contribution is 2.46. The molecule has 354 valence electrons. The number of unbranched alkanes of at least 4 members (excludes halogenated alkanes) is 1. The summed E-state index contributed by atoms with van der Waals surface area (Å²) in [5, 5.41) is 8.75. The van der Waals surface area contributed by atoms with Gasteiger partial charge in [0.15, 0.2) is 15.6 Å². The van der Waals surface area contributed by atoms with Gasteiger partial charge in [0, 0.05) is 25.6 Å². The van der Waals surface area contributed by atoms with E-state index < -0.39 is 77.7 Å². The predicted molar refractivity (Wildman–Crippen MR) is 258 cm³/mol. The molecule has 0 spiro atoms. The zero-order chi connectivity index (χ0) is 48.2. The molecule has 1 aliphatic rings. The Balaban J connectivity index is 1.29. The highest BCUT2D eigenvalue weighted by atomic mass is 32.3. The van der Waals surface area contributed by atoms with E-state index in [9.17, 15) is 34.8 Å². The maximum Gasteiger partial charge on any atom is 0.413 e. The number of sulfonamides is 2. The maximum absolute atomic E-state index is 14.8. The molecule has 1 unspecified atom stereocenters. The molecular formula is C46H56N4O11S4Si. The maximum atomic E-state index is 14.8. The number of carbonyl (C=O) groups is 2. The third-order valence-corrected chi connectivity index (χ3v) is 24.5. The van der Waals surface area contributed by atoms with E-state index in [4.69, 9.17) is 19.3 Å². The Hall–Kier alpha value is -5.09. The van der Waals surface area contributed by atoms with Crippen LogP contribution in [0.25, 0.3) is 0 Å². The van der Waals surface area contributed by atoms with Crippen LogP contribution in [0, 0.1) is 0 Å². The zero-order valence-corrected chi connectivity index (χ0v) is 42.1. The lowest BCUT2D eigenvalue weighted by Crippen LogP contribution is -2.74. The third kappa shape index (κ3) is 10.5. The molecule has 4 aromatic carbocycles. The number of hydrogen-bond acceptors (Lipinski definition) is 13. The summed E-state index contributed by atoms with van der Waals surface area (Å²) in [6.45, 7) is 12.8. The molecule has 0 aliphatic carbocycles. The Labute approximate surface area is 392 Å². The number of carbonyl (C=O) groups excluding carboxylic acids is 2. The van der Waals surface area contributed by atoms with Crippen LogP contribution in [-0.2, 0) is 39.4 Å². The predicted octanol–water partition coefficient (Wildman–Crippen LogP) is 7.51. The minimum atomic E-state index is -4.47. The number of rotatable bonds is 17. The molecule has 4 N–H and O–H groups in total. The van der Waals surface area contributed by atoms with Gasteiger partial charge in [-0.05, 0) is 72.4 Å². The molecule has 20 heteroatoms. The lowest BCUT2D eigenvalue weighted by atomic mass is 10.0. The minimum absolute atomic E-state index is 0.00199. The molecule has 0 fully saturated rings. The van der Waals surface area contributed by atoms with E-state index in [1.54, 1.807) is 37.3 Å².